The fraction of sp³-hybridized carbons (Fsp3) is 0.417. The summed E-state index contributed by atoms with van der Waals surface area (Å²) in [5.41, 5.74) is 0.605. The Morgan fingerprint density at radius 1 is 1.21 bits per heavy atom. The number of sulfonamides is 1. The minimum atomic E-state index is -3.38. The zero-order valence-electron chi connectivity index (χ0n) is 10.6. The molecule has 0 aromatic heterocycles. The minimum absolute atomic E-state index is 0.172. The molecule has 1 amide bonds. The van der Waals surface area contributed by atoms with Gasteiger partial charge in [-0.3, -0.25) is 0 Å². The van der Waals surface area contributed by atoms with Crippen LogP contribution >= 0.6 is 0 Å². The Morgan fingerprint density at radius 3 is 2.32 bits per heavy atom. The number of rotatable bonds is 3. The van der Waals surface area contributed by atoms with E-state index in [0.717, 1.165) is 10.6 Å². The van der Waals surface area contributed by atoms with E-state index in [9.17, 15) is 13.2 Å². The van der Waals surface area contributed by atoms with Gasteiger partial charge < -0.3 is 0 Å². The third kappa shape index (κ3) is 3.57. The second-order valence-electron chi connectivity index (χ2n) is 4.22. The van der Waals surface area contributed by atoms with E-state index in [4.69, 9.17) is 0 Å². The normalized spacial score (nSPS) is 17.1. The van der Waals surface area contributed by atoms with Crippen molar-refractivity contribution in [2.45, 2.75) is 22.5 Å². The molecule has 2 rings (SSSR count). The number of benzene rings is 1. The fourth-order valence-corrected chi connectivity index (χ4v) is 5.71. The summed E-state index contributed by atoms with van der Waals surface area (Å²) in [5.74, 6) is -0.172. The molecule has 1 saturated heterocycles. The van der Waals surface area contributed by atoms with Crippen molar-refractivity contribution in [3.05, 3.63) is 24.3 Å². The van der Waals surface area contributed by atoms with Crippen molar-refractivity contribution in [2.24, 2.45) is 0 Å². The van der Waals surface area contributed by atoms with Gasteiger partial charge in [-0.1, -0.05) is 0 Å². The van der Waals surface area contributed by atoms with E-state index in [2.05, 4.69) is 5.32 Å². The SMILES string of the molecule is CC(=O)Nc1ccc(S(=O)(=O)N2CC[Se]CC2)cc1. The second-order valence-corrected chi connectivity index (χ2v) is 8.73. The summed E-state index contributed by atoms with van der Waals surface area (Å²) in [4.78, 5) is 11.2. The number of hydrogen-bond acceptors (Lipinski definition) is 3. The first-order chi connectivity index (χ1) is 9.00. The van der Waals surface area contributed by atoms with Crippen molar-refractivity contribution in [1.29, 1.82) is 0 Å². The van der Waals surface area contributed by atoms with Crippen molar-refractivity contribution in [1.82, 2.24) is 4.31 Å². The zero-order valence-corrected chi connectivity index (χ0v) is 13.2. The second kappa shape index (κ2) is 6.05. The first kappa shape index (κ1) is 14.5. The van der Waals surface area contributed by atoms with Gasteiger partial charge in [0.1, 0.15) is 0 Å². The Kier molecular flexibility index (Phi) is 4.62. The summed E-state index contributed by atoms with van der Waals surface area (Å²) < 4.78 is 26.3. The van der Waals surface area contributed by atoms with Crippen molar-refractivity contribution in [2.75, 3.05) is 18.4 Å². The van der Waals surface area contributed by atoms with E-state index in [-0.39, 0.29) is 10.8 Å². The number of carbonyl (C=O) groups excluding carboxylic acids is 1. The van der Waals surface area contributed by atoms with Crippen molar-refractivity contribution >= 4 is 36.6 Å². The summed E-state index contributed by atoms with van der Waals surface area (Å²) in [6.45, 7) is 2.66. The summed E-state index contributed by atoms with van der Waals surface area (Å²) >= 11 is 0.585. The molecule has 1 aromatic carbocycles. The van der Waals surface area contributed by atoms with Crippen LogP contribution in [0.15, 0.2) is 29.2 Å². The quantitative estimate of drug-likeness (QED) is 0.836. The van der Waals surface area contributed by atoms with E-state index in [0.29, 0.717) is 33.7 Å². The molecule has 1 fully saturated rings. The molecule has 0 unspecified atom stereocenters. The average molecular weight is 347 g/mol. The fourth-order valence-electron chi connectivity index (χ4n) is 1.85. The molecular weight excluding hydrogens is 331 g/mol. The molecule has 0 bridgehead atoms. The third-order valence-electron chi connectivity index (χ3n) is 2.78. The average Bonchev–Trinajstić information content (AvgIpc) is 2.40. The number of hydrogen-bond donors (Lipinski definition) is 1. The van der Waals surface area contributed by atoms with E-state index >= 15 is 0 Å². The van der Waals surface area contributed by atoms with Crippen LogP contribution in [0.1, 0.15) is 6.92 Å². The van der Waals surface area contributed by atoms with E-state index in [1.165, 1.54) is 6.92 Å². The van der Waals surface area contributed by atoms with Crippen LogP contribution in [0.2, 0.25) is 10.6 Å². The van der Waals surface area contributed by atoms with Gasteiger partial charge in [0.05, 0.1) is 0 Å². The predicted octanol–water partition coefficient (Wildman–Crippen LogP) is 1.19. The monoisotopic (exact) mass is 348 g/mol. The summed E-state index contributed by atoms with van der Waals surface area (Å²) in [5, 5.41) is 4.58. The molecule has 0 atom stereocenters. The van der Waals surface area contributed by atoms with E-state index in [1.54, 1.807) is 28.6 Å². The van der Waals surface area contributed by atoms with Gasteiger partial charge in [0.15, 0.2) is 0 Å². The van der Waals surface area contributed by atoms with Crippen LogP contribution in [-0.4, -0.2) is 46.7 Å². The van der Waals surface area contributed by atoms with Crippen LogP contribution in [-0.2, 0) is 14.8 Å². The van der Waals surface area contributed by atoms with Crippen LogP contribution < -0.4 is 5.32 Å². The molecule has 0 radical (unpaired) electrons. The molecule has 0 spiro atoms. The van der Waals surface area contributed by atoms with Gasteiger partial charge in [-0.05, 0) is 0 Å². The van der Waals surface area contributed by atoms with Crippen LogP contribution in [0, 0.1) is 0 Å². The molecular formula is C12H16N2O3SSe. The topological polar surface area (TPSA) is 66.5 Å². The Morgan fingerprint density at radius 2 is 1.79 bits per heavy atom. The Labute approximate surface area is 119 Å². The molecule has 5 nitrogen and oxygen atoms in total. The van der Waals surface area contributed by atoms with Crippen molar-refractivity contribution < 1.29 is 13.2 Å². The molecule has 0 aliphatic carbocycles. The standard InChI is InChI=1S/C12H16N2O3SSe/c1-10(15)13-11-2-4-12(5-3-11)18(16,17)14-6-8-19-9-7-14/h2-5H,6-9H2,1H3,(H,13,15). The molecule has 19 heavy (non-hydrogen) atoms. The molecule has 104 valence electrons. The summed E-state index contributed by atoms with van der Waals surface area (Å²) in [6.07, 6.45) is 0. The molecule has 1 aliphatic heterocycles. The first-order valence-electron chi connectivity index (χ1n) is 5.96. The van der Waals surface area contributed by atoms with Crippen LogP contribution in [0.4, 0.5) is 5.69 Å². The van der Waals surface area contributed by atoms with Gasteiger partial charge >= 0.3 is 119 Å². The van der Waals surface area contributed by atoms with Gasteiger partial charge in [-0.15, -0.1) is 0 Å². The maximum absolute atomic E-state index is 12.4. The molecule has 7 heteroatoms. The van der Waals surface area contributed by atoms with Gasteiger partial charge in [-0.2, -0.15) is 0 Å². The molecule has 1 heterocycles. The van der Waals surface area contributed by atoms with E-state index < -0.39 is 10.0 Å². The Hall–Kier alpha value is -0.881. The number of anilines is 1. The predicted molar refractivity (Wildman–Crippen MR) is 74.9 cm³/mol. The van der Waals surface area contributed by atoms with E-state index in [1.807, 2.05) is 0 Å². The number of nitrogens with one attached hydrogen (secondary N) is 1. The molecule has 1 N–H and O–H groups in total. The van der Waals surface area contributed by atoms with Gasteiger partial charge in [0, 0.05) is 0 Å². The maximum atomic E-state index is 12.4. The Bertz CT molecular complexity index is 551. The van der Waals surface area contributed by atoms with Gasteiger partial charge in [0.2, 0.25) is 0 Å². The van der Waals surface area contributed by atoms with Gasteiger partial charge in [-0.25, -0.2) is 0 Å². The van der Waals surface area contributed by atoms with Crippen molar-refractivity contribution in [3.63, 3.8) is 0 Å². The summed E-state index contributed by atoms with van der Waals surface area (Å²) in [6, 6.07) is 6.31. The Balaban J connectivity index is 2.18. The molecule has 1 aliphatic rings. The number of amides is 1. The third-order valence-corrected chi connectivity index (χ3v) is 6.67. The molecule has 1 aromatic rings. The van der Waals surface area contributed by atoms with Gasteiger partial charge in [0.25, 0.3) is 0 Å². The van der Waals surface area contributed by atoms with Crippen LogP contribution in [0.3, 0.4) is 0 Å². The molecule has 0 saturated carbocycles. The summed E-state index contributed by atoms with van der Waals surface area (Å²) in [7, 11) is -3.38. The first-order valence-corrected chi connectivity index (χ1v) is 9.82. The van der Waals surface area contributed by atoms with Crippen LogP contribution in [0.5, 0.6) is 0 Å². The van der Waals surface area contributed by atoms with Crippen LogP contribution in [0.25, 0.3) is 0 Å². The number of carbonyl (C=O) groups is 1. The number of nitrogens with zero attached hydrogens (tertiary/aromatic N) is 1. The zero-order chi connectivity index (χ0) is 13.9. The van der Waals surface area contributed by atoms with Crippen molar-refractivity contribution in [3.8, 4) is 0 Å².